The maximum atomic E-state index is 11.7. The van der Waals surface area contributed by atoms with Crippen LogP contribution in [0, 0.1) is 13.8 Å². The number of aryl methyl sites for hydroxylation is 1. The molecular formula is C22H20ClN3O2. The van der Waals surface area contributed by atoms with Crippen LogP contribution >= 0.6 is 11.6 Å². The van der Waals surface area contributed by atoms with Crippen molar-refractivity contribution in [2.75, 3.05) is 5.01 Å². The molecule has 0 spiro atoms. The quantitative estimate of drug-likeness (QED) is 0.628. The molecule has 0 saturated carbocycles. The van der Waals surface area contributed by atoms with Gasteiger partial charge < -0.3 is 10.1 Å². The second-order valence-corrected chi connectivity index (χ2v) is 7.36. The molecule has 2 N–H and O–H groups in total. The van der Waals surface area contributed by atoms with Crippen molar-refractivity contribution in [3.8, 4) is 0 Å². The molecule has 4 rings (SSSR count). The van der Waals surface area contributed by atoms with Gasteiger partial charge in [-0.2, -0.15) is 5.10 Å². The lowest BCUT2D eigenvalue weighted by Crippen LogP contribution is -2.19. The van der Waals surface area contributed by atoms with Crippen LogP contribution in [0.25, 0.3) is 0 Å². The van der Waals surface area contributed by atoms with E-state index in [9.17, 15) is 9.90 Å². The fourth-order valence-electron chi connectivity index (χ4n) is 3.80. The molecule has 6 heteroatoms. The van der Waals surface area contributed by atoms with Gasteiger partial charge in [0.15, 0.2) is 0 Å². The Balaban J connectivity index is 1.81. The van der Waals surface area contributed by atoms with E-state index in [4.69, 9.17) is 16.7 Å². The zero-order valence-corrected chi connectivity index (χ0v) is 16.4. The lowest BCUT2D eigenvalue weighted by atomic mass is 9.99. The number of benzene rings is 2. The van der Waals surface area contributed by atoms with Crippen LogP contribution in [0.5, 0.6) is 0 Å². The summed E-state index contributed by atoms with van der Waals surface area (Å²) in [5.41, 5.74) is 5.54. The smallest absolute Gasteiger partial charge is 0.337 e. The Morgan fingerprint density at radius 3 is 2.43 bits per heavy atom. The van der Waals surface area contributed by atoms with E-state index in [-0.39, 0.29) is 6.04 Å². The highest BCUT2D eigenvalue weighted by Gasteiger charge is 2.33. The number of halogens is 1. The van der Waals surface area contributed by atoms with Crippen LogP contribution in [-0.4, -0.2) is 21.8 Å². The Labute approximate surface area is 168 Å². The summed E-state index contributed by atoms with van der Waals surface area (Å²) in [6.07, 6.45) is 0.673. The molecule has 2 heterocycles. The Bertz CT molecular complexity index is 1060. The van der Waals surface area contributed by atoms with Crippen molar-refractivity contribution in [2.24, 2.45) is 5.10 Å². The average Bonchev–Trinajstić information content (AvgIpc) is 3.24. The minimum atomic E-state index is -0.919. The molecule has 2 aromatic carbocycles. The van der Waals surface area contributed by atoms with E-state index in [1.54, 1.807) is 6.92 Å². The Hall–Kier alpha value is -3.05. The second-order valence-electron chi connectivity index (χ2n) is 6.92. The summed E-state index contributed by atoms with van der Waals surface area (Å²) in [7, 11) is 0. The maximum absolute atomic E-state index is 11.7. The summed E-state index contributed by atoms with van der Waals surface area (Å²) < 4.78 is 0. The van der Waals surface area contributed by atoms with Crippen molar-refractivity contribution in [2.45, 2.75) is 26.3 Å². The van der Waals surface area contributed by atoms with Crippen molar-refractivity contribution < 1.29 is 9.90 Å². The highest BCUT2D eigenvalue weighted by Crippen LogP contribution is 2.39. The third-order valence-electron chi connectivity index (χ3n) is 5.13. The van der Waals surface area contributed by atoms with Gasteiger partial charge in [-0.3, -0.25) is 5.01 Å². The van der Waals surface area contributed by atoms with Crippen LogP contribution in [0.1, 0.15) is 45.3 Å². The SMILES string of the molecule is Cc1[nH]c(C2CC(c3ccccc3)=NN2c2ccc(Cl)cc2)c(C)c1C(=O)O. The minimum absolute atomic E-state index is 0.122. The molecule has 28 heavy (non-hydrogen) atoms. The summed E-state index contributed by atoms with van der Waals surface area (Å²) >= 11 is 6.05. The standard InChI is InChI=1S/C22H20ClN3O2/c1-13-20(22(27)28)14(2)24-21(13)19-12-18(15-6-4-3-5-7-15)25-26(19)17-10-8-16(23)9-11-17/h3-11,19,24H,12H2,1-2H3,(H,27,28). The van der Waals surface area contributed by atoms with Gasteiger partial charge in [-0.1, -0.05) is 41.9 Å². The molecule has 1 aromatic heterocycles. The molecule has 0 amide bonds. The van der Waals surface area contributed by atoms with Crippen molar-refractivity contribution in [1.82, 2.24) is 4.98 Å². The number of H-pyrrole nitrogens is 1. The van der Waals surface area contributed by atoms with E-state index in [0.29, 0.717) is 22.7 Å². The van der Waals surface area contributed by atoms with Crippen LogP contribution in [0.2, 0.25) is 5.02 Å². The van der Waals surface area contributed by atoms with Gasteiger partial charge in [0.1, 0.15) is 0 Å². The van der Waals surface area contributed by atoms with E-state index < -0.39 is 5.97 Å². The largest absolute Gasteiger partial charge is 0.478 e. The molecule has 0 bridgehead atoms. The molecular weight excluding hydrogens is 374 g/mol. The van der Waals surface area contributed by atoms with E-state index in [0.717, 1.165) is 28.2 Å². The van der Waals surface area contributed by atoms with Gasteiger partial charge in [-0.15, -0.1) is 0 Å². The molecule has 3 aromatic rings. The first-order valence-electron chi connectivity index (χ1n) is 9.05. The number of aromatic nitrogens is 1. The van der Waals surface area contributed by atoms with Crippen LogP contribution in [0.3, 0.4) is 0 Å². The van der Waals surface area contributed by atoms with Crippen LogP contribution in [0.4, 0.5) is 5.69 Å². The molecule has 5 nitrogen and oxygen atoms in total. The molecule has 0 saturated heterocycles. The van der Waals surface area contributed by atoms with E-state index in [2.05, 4.69) is 4.98 Å². The summed E-state index contributed by atoms with van der Waals surface area (Å²) in [5, 5.41) is 17.1. The minimum Gasteiger partial charge on any atom is -0.478 e. The number of carbonyl (C=O) groups is 1. The van der Waals surface area contributed by atoms with Gasteiger partial charge in [0.25, 0.3) is 0 Å². The number of hydrogen-bond acceptors (Lipinski definition) is 3. The van der Waals surface area contributed by atoms with E-state index in [1.807, 2.05) is 66.5 Å². The van der Waals surface area contributed by atoms with Gasteiger partial charge in [0.2, 0.25) is 0 Å². The average molecular weight is 394 g/mol. The molecule has 0 fully saturated rings. The normalized spacial score (nSPS) is 16.3. The number of rotatable bonds is 4. The highest BCUT2D eigenvalue weighted by atomic mass is 35.5. The Morgan fingerprint density at radius 2 is 1.82 bits per heavy atom. The van der Waals surface area contributed by atoms with Crippen molar-refractivity contribution in [1.29, 1.82) is 0 Å². The number of carboxylic acids is 1. The number of nitrogens with zero attached hydrogens (tertiary/aromatic N) is 2. The fourth-order valence-corrected chi connectivity index (χ4v) is 3.93. The fraction of sp³-hybridized carbons (Fsp3) is 0.182. The predicted molar refractivity (Wildman–Crippen MR) is 111 cm³/mol. The van der Waals surface area contributed by atoms with Crippen LogP contribution in [-0.2, 0) is 0 Å². The molecule has 1 atom stereocenters. The highest BCUT2D eigenvalue weighted by molar-refractivity contribution is 6.30. The number of carboxylic acid groups (broad SMARTS) is 1. The summed E-state index contributed by atoms with van der Waals surface area (Å²) in [4.78, 5) is 15.0. The topological polar surface area (TPSA) is 68.7 Å². The van der Waals surface area contributed by atoms with Crippen LogP contribution in [0.15, 0.2) is 59.7 Å². The molecule has 1 aliphatic heterocycles. The molecule has 142 valence electrons. The molecule has 1 aliphatic rings. The van der Waals surface area contributed by atoms with E-state index >= 15 is 0 Å². The third kappa shape index (κ3) is 3.18. The number of hydrogen-bond donors (Lipinski definition) is 2. The van der Waals surface area contributed by atoms with Gasteiger partial charge in [0, 0.05) is 22.8 Å². The predicted octanol–water partition coefficient (Wildman–Crippen LogP) is 5.34. The van der Waals surface area contributed by atoms with E-state index in [1.165, 1.54) is 0 Å². The summed E-state index contributed by atoms with van der Waals surface area (Å²) in [5.74, 6) is -0.919. The van der Waals surface area contributed by atoms with Gasteiger partial charge in [0.05, 0.1) is 23.0 Å². The van der Waals surface area contributed by atoms with Crippen molar-refractivity contribution in [3.05, 3.63) is 87.7 Å². The first-order chi connectivity index (χ1) is 13.5. The zero-order valence-electron chi connectivity index (χ0n) is 15.6. The number of aromatic amines is 1. The lowest BCUT2D eigenvalue weighted by molar-refractivity contribution is 0.0695. The monoisotopic (exact) mass is 393 g/mol. The Kier molecular flexibility index (Phi) is 4.69. The third-order valence-corrected chi connectivity index (χ3v) is 5.38. The van der Waals surface area contributed by atoms with Gasteiger partial charge in [-0.05, 0) is 49.2 Å². The summed E-state index contributed by atoms with van der Waals surface area (Å²) in [6.45, 7) is 3.64. The molecule has 0 aliphatic carbocycles. The second kappa shape index (κ2) is 7.17. The number of anilines is 1. The van der Waals surface area contributed by atoms with Crippen LogP contribution < -0.4 is 5.01 Å². The Morgan fingerprint density at radius 1 is 1.14 bits per heavy atom. The maximum Gasteiger partial charge on any atom is 0.337 e. The van der Waals surface area contributed by atoms with Gasteiger partial charge in [-0.25, -0.2) is 4.79 Å². The molecule has 1 unspecified atom stereocenters. The molecule has 0 radical (unpaired) electrons. The number of aromatic carboxylic acids is 1. The lowest BCUT2D eigenvalue weighted by Gasteiger charge is -2.23. The zero-order chi connectivity index (χ0) is 19.8. The van der Waals surface area contributed by atoms with Gasteiger partial charge >= 0.3 is 5.97 Å². The number of hydrazone groups is 1. The summed E-state index contributed by atoms with van der Waals surface area (Å²) in [6, 6.07) is 17.4. The first-order valence-corrected chi connectivity index (χ1v) is 9.43. The van der Waals surface area contributed by atoms with Crippen molar-refractivity contribution in [3.63, 3.8) is 0 Å². The first kappa shape index (κ1) is 18.3. The van der Waals surface area contributed by atoms with Crippen molar-refractivity contribution >= 4 is 29.0 Å². The number of nitrogens with one attached hydrogen (secondary N) is 1.